The van der Waals surface area contributed by atoms with Crippen LogP contribution in [0.4, 0.5) is 0 Å². The predicted octanol–water partition coefficient (Wildman–Crippen LogP) is 1.74. The molecule has 0 aliphatic carbocycles. The van der Waals surface area contributed by atoms with Gasteiger partial charge >= 0.3 is 0 Å². The van der Waals surface area contributed by atoms with Crippen LogP contribution in [0.2, 0.25) is 0 Å². The molecule has 0 atom stereocenters. The van der Waals surface area contributed by atoms with Gasteiger partial charge in [-0.15, -0.1) is 0 Å². The first kappa shape index (κ1) is 11.9. The van der Waals surface area contributed by atoms with Gasteiger partial charge in [0.05, 0.1) is 0 Å². The van der Waals surface area contributed by atoms with Crippen LogP contribution in [-0.4, -0.2) is 13.0 Å². The van der Waals surface area contributed by atoms with E-state index in [0.717, 1.165) is 11.3 Å². The van der Waals surface area contributed by atoms with Crippen LogP contribution in [0.3, 0.4) is 0 Å². The summed E-state index contributed by atoms with van der Waals surface area (Å²) in [4.78, 5) is 0.165. The van der Waals surface area contributed by atoms with Gasteiger partial charge in [-0.3, -0.25) is 0 Å². The minimum atomic E-state index is -3.65. The monoisotopic (exact) mass is 250 g/mol. The first-order valence-corrected chi connectivity index (χ1v) is 6.72. The summed E-state index contributed by atoms with van der Waals surface area (Å²) >= 11 is 0. The van der Waals surface area contributed by atoms with E-state index in [1.54, 1.807) is 17.7 Å². The van der Waals surface area contributed by atoms with E-state index in [0.29, 0.717) is 5.69 Å². The number of nitrogens with zero attached hydrogens (tertiary/aromatic N) is 1. The van der Waals surface area contributed by atoms with Gasteiger partial charge in [-0.2, -0.15) is 0 Å². The zero-order valence-corrected chi connectivity index (χ0v) is 10.5. The van der Waals surface area contributed by atoms with E-state index in [4.69, 9.17) is 5.14 Å². The fourth-order valence-corrected chi connectivity index (χ4v) is 2.54. The van der Waals surface area contributed by atoms with Crippen LogP contribution < -0.4 is 5.14 Å². The zero-order chi connectivity index (χ0) is 12.6. The minimum absolute atomic E-state index is 0.165. The van der Waals surface area contributed by atoms with Gasteiger partial charge in [0.1, 0.15) is 4.90 Å². The lowest BCUT2D eigenvalue weighted by molar-refractivity contribution is 0.597. The van der Waals surface area contributed by atoms with Crippen molar-refractivity contribution in [2.75, 3.05) is 0 Å². The van der Waals surface area contributed by atoms with Gasteiger partial charge in [-0.1, -0.05) is 17.7 Å². The van der Waals surface area contributed by atoms with Crippen molar-refractivity contribution in [1.29, 1.82) is 0 Å². The molecule has 1 heterocycles. The molecule has 0 radical (unpaired) electrons. The molecule has 0 aliphatic heterocycles. The van der Waals surface area contributed by atoms with E-state index < -0.39 is 10.0 Å². The highest BCUT2D eigenvalue weighted by molar-refractivity contribution is 7.89. The van der Waals surface area contributed by atoms with Gasteiger partial charge < -0.3 is 4.57 Å². The van der Waals surface area contributed by atoms with Crippen molar-refractivity contribution >= 4 is 10.0 Å². The van der Waals surface area contributed by atoms with E-state index in [2.05, 4.69) is 0 Å². The smallest absolute Gasteiger partial charge is 0.239 e. The molecule has 4 nitrogen and oxygen atoms in total. The fraction of sp³-hybridized carbons (Fsp3) is 0.167. The van der Waals surface area contributed by atoms with Crippen molar-refractivity contribution in [3.8, 4) is 5.69 Å². The lowest BCUT2D eigenvalue weighted by atomic mass is 10.2. The quantitative estimate of drug-likeness (QED) is 0.882. The van der Waals surface area contributed by atoms with Crippen LogP contribution >= 0.6 is 0 Å². The van der Waals surface area contributed by atoms with Gasteiger partial charge in [0, 0.05) is 17.6 Å². The molecule has 0 fully saturated rings. The highest BCUT2D eigenvalue weighted by Gasteiger charge is 2.15. The lowest BCUT2D eigenvalue weighted by Gasteiger charge is -2.07. The van der Waals surface area contributed by atoms with Crippen LogP contribution in [0, 0.1) is 13.8 Å². The Kier molecular flexibility index (Phi) is 2.81. The number of hydrogen-bond donors (Lipinski definition) is 1. The number of benzene rings is 1. The molecule has 2 aromatic rings. The Morgan fingerprint density at radius 3 is 2.12 bits per heavy atom. The molecule has 0 spiro atoms. The molecule has 0 unspecified atom stereocenters. The van der Waals surface area contributed by atoms with Gasteiger partial charge in [0.2, 0.25) is 10.0 Å². The van der Waals surface area contributed by atoms with Crippen LogP contribution in [0.5, 0.6) is 0 Å². The van der Waals surface area contributed by atoms with E-state index >= 15 is 0 Å². The number of aryl methyl sites for hydroxylation is 1. The number of aromatic nitrogens is 1. The topological polar surface area (TPSA) is 65.1 Å². The minimum Gasteiger partial charge on any atom is -0.320 e. The number of hydrogen-bond acceptors (Lipinski definition) is 2. The third-order valence-electron chi connectivity index (χ3n) is 2.71. The SMILES string of the molecule is Cc1ccc(-n2ccc(S(N)(=O)=O)c2C)cc1. The lowest BCUT2D eigenvalue weighted by Crippen LogP contribution is -2.13. The van der Waals surface area contributed by atoms with Gasteiger partial charge in [-0.05, 0) is 32.0 Å². The number of primary sulfonamides is 1. The standard InChI is InChI=1S/C12H14N2O2S/c1-9-3-5-11(6-4-9)14-8-7-12(10(14)2)17(13,15)16/h3-8H,1-2H3,(H2,13,15,16). The number of sulfonamides is 1. The molecule has 90 valence electrons. The zero-order valence-electron chi connectivity index (χ0n) is 9.71. The molecule has 1 aromatic heterocycles. The highest BCUT2D eigenvalue weighted by Crippen LogP contribution is 2.19. The Morgan fingerprint density at radius 2 is 1.65 bits per heavy atom. The Labute approximate surface area is 101 Å². The van der Waals surface area contributed by atoms with Gasteiger partial charge in [-0.25, -0.2) is 13.6 Å². The molecular weight excluding hydrogens is 236 g/mol. The summed E-state index contributed by atoms with van der Waals surface area (Å²) in [6.45, 7) is 3.74. The fourth-order valence-electron chi connectivity index (χ4n) is 1.78. The summed E-state index contributed by atoms with van der Waals surface area (Å²) in [7, 11) is -3.65. The van der Waals surface area contributed by atoms with Crippen molar-refractivity contribution in [3.63, 3.8) is 0 Å². The molecule has 0 amide bonds. The van der Waals surface area contributed by atoms with Crippen LogP contribution in [0.25, 0.3) is 5.69 Å². The van der Waals surface area contributed by atoms with Crippen molar-refractivity contribution in [2.24, 2.45) is 5.14 Å². The summed E-state index contributed by atoms with van der Waals surface area (Å²) in [6.07, 6.45) is 1.71. The van der Waals surface area contributed by atoms with E-state index in [9.17, 15) is 8.42 Å². The van der Waals surface area contributed by atoms with Crippen molar-refractivity contribution in [1.82, 2.24) is 4.57 Å². The molecule has 5 heteroatoms. The van der Waals surface area contributed by atoms with Crippen molar-refractivity contribution in [3.05, 3.63) is 47.8 Å². The Hall–Kier alpha value is -1.59. The first-order valence-electron chi connectivity index (χ1n) is 5.17. The van der Waals surface area contributed by atoms with E-state index in [1.165, 1.54) is 6.07 Å². The third-order valence-corrected chi connectivity index (χ3v) is 3.76. The molecule has 17 heavy (non-hydrogen) atoms. The number of nitrogens with two attached hydrogens (primary N) is 1. The Balaban J connectivity index is 2.55. The van der Waals surface area contributed by atoms with Crippen LogP contribution in [0.1, 0.15) is 11.3 Å². The summed E-state index contributed by atoms with van der Waals surface area (Å²) in [5.41, 5.74) is 2.70. The Morgan fingerprint density at radius 1 is 1.06 bits per heavy atom. The maximum absolute atomic E-state index is 11.3. The third kappa shape index (κ3) is 2.25. The summed E-state index contributed by atoms with van der Waals surface area (Å²) < 4.78 is 24.4. The molecule has 0 saturated heterocycles. The number of rotatable bonds is 2. The summed E-state index contributed by atoms with van der Waals surface area (Å²) in [5, 5.41) is 5.13. The average molecular weight is 250 g/mol. The molecule has 0 saturated carbocycles. The molecule has 2 rings (SSSR count). The van der Waals surface area contributed by atoms with Crippen molar-refractivity contribution < 1.29 is 8.42 Å². The molecule has 1 aromatic carbocycles. The predicted molar refractivity (Wildman–Crippen MR) is 66.6 cm³/mol. The maximum atomic E-state index is 11.3. The highest BCUT2D eigenvalue weighted by atomic mass is 32.2. The second kappa shape index (κ2) is 4.01. The normalized spacial score (nSPS) is 11.7. The maximum Gasteiger partial charge on any atom is 0.239 e. The van der Waals surface area contributed by atoms with Gasteiger partial charge in [0.15, 0.2) is 0 Å². The van der Waals surface area contributed by atoms with Crippen molar-refractivity contribution in [2.45, 2.75) is 18.7 Å². The molecule has 0 aliphatic rings. The molecule has 0 bridgehead atoms. The average Bonchev–Trinajstić information content (AvgIpc) is 2.61. The van der Waals surface area contributed by atoms with E-state index in [-0.39, 0.29) is 4.90 Å². The largest absolute Gasteiger partial charge is 0.320 e. The molecule has 2 N–H and O–H groups in total. The second-order valence-corrected chi connectivity index (χ2v) is 5.55. The molecular formula is C12H14N2O2S. The van der Waals surface area contributed by atoms with E-state index in [1.807, 2.05) is 31.2 Å². The van der Waals surface area contributed by atoms with Crippen LogP contribution in [-0.2, 0) is 10.0 Å². The van der Waals surface area contributed by atoms with Crippen LogP contribution in [0.15, 0.2) is 41.4 Å². The van der Waals surface area contributed by atoms with Gasteiger partial charge in [0.25, 0.3) is 0 Å². The first-order chi connectivity index (χ1) is 7.89. The summed E-state index contributed by atoms with van der Waals surface area (Å²) in [6, 6.07) is 9.35. The second-order valence-electron chi connectivity index (χ2n) is 4.02. The Bertz CT molecular complexity index is 640. The summed E-state index contributed by atoms with van der Waals surface area (Å²) in [5.74, 6) is 0.